The Morgan fingerprint density at radius 1 is 1.28 bits per heavy atom. The molecular formula is C15H25ClN2. The van der Waals surface area contributed by atoms with E-state index in [2.05, 4.69) is 43.9 Å². The SMILES string of the molecule is Cc1cc(C)cc(CN2CCC(C(C)N)C2)c1.Cl. The third-order valence-electron chi connectivity index (χ3n) is 3.74. The number of likely N-dealkylation sites (tertiary alicyclic amines) is 1. The first-order valence-electron chi connectivity index (χ1n) is 6.59. The minimum atomic E-state index is 0. The molecule has 1 aromatic carbocycles. The fourth-order valence-corrected chi connectivity index (χ4v) is 2.85. The van der Waals surface area contributed by atoms with Crippen LogP contribution in [0.4, 0.5) is 0 Å². The van der Waals surface area contributed by atoms with E-state index in [0.717, 1.165) is 13.1 Å². The van der Waals surface area contributed by atoms with E-state index in [9.17, 15) is 0 Å². The Bertz CT molecular complexity index is 370. The highest BCUT2D eigenvalue weighted by atomic mass is 35.5. The Balaban J connectivity index is 0.00000162. The molecule has 0 saturated carbocycles. The highest BCUT2D eigenvalue weighted by Gasteiger charge is 2.24. The molecule has 2 rings (SSSR count). The van der Waals surface area contributed by atoms with Gasteiger partial charge in [-0.05, 0) is 45.2 Å². The van der Waals surface area contributed by atoms with Crippen LogP contribution in [0, 0.1) is 19.8 Å². The minimum Gasteiger partial charge on any atom is -0.328 e. The van der Waals surface area contributed by atoms with E-state index in [4.69, 9.17) is 5.73 Å². The number of rotatable bonds is 3. The molecule has 1 fully saturated rings. The Morgan fingerprint density at radius 2 is 1.89 bits per heavy atom. The van der Waals surface area contributed by atoms with Gasteiger partial charge in [-0.2, -0.15) is 0 Å². The van der Waals surface area contributed by atoms with Crippen molar-refractivity contribution in [2.45, 2.75) is 39.8 Å². The number of nitrogens with two attached hydrogens (primary N) is 1. The van der Waals surface area contributed by atoms with Gasteiger partial charge in [0.1, 0.15) is 0 Å². The fourth-order valence-electron chi connectivity index (χ4n) is 2.85. The average Bonchev–Trinajstić information content (AvgIpc) is 2.64. The van der Waals surface area contributed by atoms with E-state index in [1.807, 2.05) is 0 Å². The van der Waals surface area contributed by atoms with Gasteiger partial charge in [0, 0.05) is 19.1 Å². The molecule has 2 atom stereocenters. The van der Waals surface area contributed by atoms with E-state index >= 15 is 0 Å². The zero-order valence-corrected chi connectivity index (χ0v) is 12.5. The van der Waals surface area contributed by atoms with Crippen LogP contribution in [-0.2, 0) is 6.54 Å². The summed E-state index contributed by atoms with van der Waals surface area (Å²) in [6, 6.07) is 7.16. The van der Waals surface area contributed by atoms with Crippen LogP contribution in [0.3, 0.4) is 0 Å². The zero-order chi connectivity index (χ0) is 12.4. The van der Waals surface area contributed by atoms with Crippen molar-refractivity contribution in [2.24, 2.45) is 11.7 Å². The summed E-state index contributed by atoms with van der Waals surface area (Å²) in [5.41, 5.74) is 10.1. The summed E-state index contributed by atoms with van der Waals surface area (Å²) in [7, 11) is 0. The largest absolute Gasteiger partial charge is 0.328 e. The van der Waals surface area contributed by atoms with Crippen LogP contribution in [-0.4, -0.2) is 24.0 Å². The Morgan fingerprint density at radius 3 is 2.39 bits per heavy atom. The van der Waals surface area contributed by atoms with Gasteiger partial charge in [-0.15, -0.1) is 12.4 Å². The summed E-state index contributed by atoms with van der Waals surface area (Å²) < 4.78 is 0. The number of halogens is 1. The third kappa shape index (κ3) is 3.98. The number of benzene rings is 1. The molecule has 2 unspecified atom stereocenters. The van der Waals surface area contributed by atoms with Gasteiger partial charge in [0.2, 0.25) is 0 Å². The summed E-state index contributed by atoms with van der Waals surface area (Å²) in [6.07, 6.45) is 1.25. The molecule has 2 nitrogen and oxygen atoms in total. The van der Waals surface area contributed by atoms with Gasteiger partial charge in [-0.1, -0.05) is 29.3 Å². The average molecular weight is 269 g/mol. The molecule has 0 aliphatic carbocycles. The lowest BCUT2D eigenvalue weighted by Gasteiger charge is -2.18. The first-order chi connectivity index (χ1) is 8.04. The molecule has 0 radical (unpaired) electrons. The smallest absolute Gasteiger partial charge is 0.0234 e. The number of hydrogen-bond donors (Lipinski definition) is 1. The van der Waals surface area contributed by atoms with E-state index in [1.165, 1.54) is 29.7 Å². The van der Waals surface area contributed by atoms with Crippen LogP contribution in [0.25, 0.3) is 0 Å². The summed E-state index contributed by atoms with van der Waals surface area (Å²) in [6.45, 7) is 9.90. The topological polar surface area (TPSA) is 29.3 Å². The standard InChI is InChI=1S/C15H24N2.ClH/c1-11-6-12(2)8-14(7-11)9-17-5-4-15(10-17)13(3)16;/h6-8,13,15H,4-5,9-10,16H2,1-3H3;1H. The van der Waals surface area contributed by atoms with Crippen LogP contribution in [0.15, 0.2) is 18.2 Å². The number of aryl methyl sites for hydroxylation is 2. The predicted molar refractivity (Wildman–Crippen MR) is 80.2 cm³/mol. The predicted octanol–water partition coefficient (Wildman–Crippen LogP) is 2.89. The van der Waals surface area contributed by atoms with Crippen molar-refractivity contribution in [1.29, 1.82) is 0 Å². The molecule has 102 valence electrons. The molecule has 1 aromatic rings. The maximum Gasteiger partial charge on any atom is 0.0234 e. The summed E-state index contributed by atoms with van der Waals surface area (Å²) in [4.78, 5) is 2.53. The van der Waals surface area contributed by atoms with Crippen molar-refractivity contribution in [3.8, 4) is 0 Å². The van der Waals surface area contributed by atoms with Crippen molar-refractivity contribution in [1.82, 2.24) is 4.90 Å². The summed E-state index contributed by atoms with van der Waals surface area (Å²) in [5, 5.41) is 0. The van der Waals surface area contributed by atoms with E-state index in [-0.39, 0.29) is 12.4 Å². The Kier molecular flexibility index (Phi) is 5.64. The van der Waals surface area contributed by atoms with Gasteiger partial charge in [0.15, 0.2) is 0 Å². The molecule has 2 N–H and O–H groups in total. The fraction of sp³-hybridized carbons (Fsp3) is 0.600. The molecule has 1 aliphatic rings. The van der Waals surface area contributed by atoms with Gasteiger partial charge in [-0.25, -0.2) is 0 Å². The van der Waals surface area contributed by atoms with Gasteiger partial charge in [-0.3, -0.25) is 4.90 Å². The van der Waals surface area contributed by atoms with Crippen LogP contribution < -0.4 is 5.73 Å². The van der Waals surface area contributed by atoms with Crippen LogP contribution in [0.2, 0.25) is 0 Å². The van der Waals surface area contributed by atoms with Crippen LogP contribution >= 0.6 is 12.4 Å². The lowest BCUT2D eigenvalue weighted by molar-refractivity contribution is 0.308. The molecule has 1 heterocycles. The molecule has 0 spiro atoms. The highest BCUT2D eigenvalue weighted by Crippen LogP contribution is 2.21. The van der Waals surface area contributed by atoms with E-state index < -0.39 is 0 Å². The van der Waals surface area contributed by atoms with E-state index in [0.29, 0.717) is 12.0 Å². The van der Waals surface area contributed by atoms with Crippen LogP contribution in [0.5, 0.6) is 0 Å². The van der Waals surface area contributed by atoms with Crippen molar-refractivity contribution < 1.29 is 0 Å². The normalized spacial score (nSPS) is 21.7. The van der Waals surface area contributed by atoms with Gasteiger partial charge >= 0.3 is 0 Å². The summed E-state index contributed by atoms with van der Waals surface area (Å²) in [5.74, 6) is 0.681. The highest BCUT2D eigenvalue weighted by molar-refractivity contribution is 5.85. The van der Waals surface area contributed by atoms with Crippen LogP contribution in [0.1, 0.15) is 30.0 Å². The second-order valence-corrected chi connectivity index (χ2v) is 5.64. The second kappa shape index (κ2) is 6.55. The second-order valence-electron chi connectivity index (χ2n) is 5.64. The lowest BCUT2D eigenvalue weighted by atomic mass is 10.0. The number of hydrogen-bond acceptors (Lipinski definition) is 2. The molecule has 0 aromatic heterocycles. The van der Waals surface area contributed by atoms with Gasteiger partial charge in [0.05, 0.1) is 0 Å². The Labute approximate surface area is 117 Å². The molecule has 1 saturated heterocycles. The molecular weight excluding hydrogens is 244 g/mol. The molecule has 0 amide bonds. The summed E-state index contributed by atoms with van der Waals surface area (Å²) >= 11 is 0. The first-order valence-corrected chi connectivity index (χ1v) is 6.59. The molecule has 3 heteroatoms. The third-order valence-corrected chi connectivity index (χ3v) is 3.74. The van der Waals surface area contributed by atoms with Gasteiger partial charge in [0.25, 0.3) is 0 Å². The Hall–Kier alpha value is -0.570. The maximum absolute atomic E-state index is 5.97. The molecule has 18 heavy (non-hydrogen) atoms. The lowest BCUT2D eigenvalue weighted by Crippen LogP contribution is -2.29. The van der Waals surface area contributed by atoms with Crippen molar-refractivity contribution in [2.75, 3.05) is 13.1 Å². The first kappa shape index (κ1) is 15.5. The monoisotopic (exact) mass is 268 g/mol. The number of nitrogens with zero attached hydrogens (tertiary/aromatic N) is 1. The quantitative estimate of drug-likeness (QED) is 0.913. The van der Waals surface area contributed by atoms with Crippen molar-refractivity contribution in [3.63, 3.8) is 0 Å². The maximum atomic E-state index is 5.97. The van der Waals surface area contributed by atoms with Gasteiger partial charge < -0.3 is 5.73 Å². The minimum absolute atomic E-state index is 0. The van der Waals surface area contributed by atoms with Crippen molar-refractivity contribution >= 4 is 12.4 Å². The van der Waals surface area contributed by atoms with E-state index in [1.54, 1.807) is 0 Å². The zero-order valence-electron chi connectivity index (χ0n) is 11.6. The molecule has 1 aliphatic heterocycles. The van der Waals surface area contributed by atoms with Crippen molar-refractivity contribution in [3.05, 3.63) is 34.9 Å². The molecule has 0 bridgehead atoms.